The van der Waals surface area contributed by atoms with Crippen molar-refractivity contribution in [1.29, 1.82) is 0 Å². The minimum atomic E-state index is -3.45. The molecular weight excluding hydrogens is 230 g/mol. The van der Waals surface area contributed by atoms with Gasteiger partial charge in [0.05, 0.1) is 11.9 Å². The maximum absolute atomic E-state index is 12.2. The van der Waals surface area contributed by atoms with Crippen molar-refractivity contribution >= 4 is 16.0 Å². The van der Waals surface area contributed by atoms with Crippen LogP contribution in [0.2, 0.25) is 0 Å². The van der Waals surface area contributed by atoms with Gasteiger partial charge in [-0.2, -0.15) is 4.31 Å². The topological polar surface area (TPSA) is 63.7 Å². The minimum absolute atomic E-state index is 0.402. The molecule has 1 aliphatic rings. The molecule has 0 aromatic heterocycles. The fourth-order valence-corrected chi connectivity index (χ4v) is 3.35. The molecule has 1 rings (SSSR count). The number of sulfonamides is 1. The van der Waals surface area contributed by atoms with E-state index in [1.54, 1.807) is 20.8 Å². The Morgan fingerprint density at radius 2 is 1.94 bits per heavy atom. The highest BCUT2D eigenvalue weighted by Gasteiger charge is 2.44. The zero-order chi connectivity index (χ0) is 12.6. The van der Waals surface area contributed by atoms with Crippen molar-refractivity contribution in [1.82, 2.24) is 4.31 Å². The van der Waals surface area contributed by atoms with E-state index < -0.39 is 26.8 Å². The van der Waals surface area contributed by atoms with Gasteiger partial charge in [-0.1, -0.05) is 0 Å². The molecule has 0 aliphatic carbocycles. The molecule has 5 nitrogen and oxygen atoms in total. The molecule has 0 radical (unpaired) electrons. The van der Waals surface area contributed by atoms with Gasteiger partial charge in [-0.05, 0) is 33.6 Å². The van der Waals surface area contributed by atoms with Crippen LogP contribution < -0.4 is 0 Å². The quantitative estimate of drug-likeness (QED) is 0.678. The summed E-state index contributed by atoms with van der Waals surface area (Å²) in [6.45, 7) is 5.30. The fourth-order valence-electron chi connectivity index (χ4n) is 1.75. The molecule has 16 heavy (non-hydrogen) atoms. The molecular formula is C10H19NO4S. The zero-order valence-electron chi connectivity index (χ0n) is 10.2. The van der Waals surface area contributed by atoms with Crippen LogP contribution in [0.4, 0.5) is 0 Å². The predicted octanol–water partition coefficient (Wildman–Crippen LogP) is 0.752. The first-order valence-electron chi connectivity index (χ1n) is 5.31. The summed E-state index contributed by atoms with van der Waals surface area (Å²) in [5.74, 6) is -0.467. The normalized spacial score (nSPS) is 23.4. The third kappa shape index (κ3) is 2.22. The first-order valence-corrected chi connectivity index (χ1v) is 6.75. The lowest BCUT2D eigenvalue weighted by Gasteiger charge is -2.29. The van der Waals surface area contributed by atoms with Crippen LogP contribution in [0.3, 0.4) is 0 Å². The van der Waals surface area contributed by atoms with Crippen molar-refractivity contribution in [3.8, 4) is 0 Å². The van der Waals surface area contributed by atoms with Gasteiger partial charge in [-0.25, -0.2) is 8.42 Å². The van der Waals surface area contributed by atoms with E-state index >= 15 is 0 Å². The zero-order valence-corrected chi connectivity index (χ0v) is 11.0. The highest BCUT2D eigenvalue weighted by atomic mass is 32.2. The molecule has 0 spiro atoms. The predicted molar refractivity (Wildman–Crippen MR) is 60.4 cm³/mol. The molecule has 0 N–H and O–H groups in total. The maximum Gasteiger partial charge on any atom is 0.324 e. The molecule has 0 aromatic rings. The molecule has 1 fully saturated rings. The number of hydrogen-bond donors (Lipinski definition) is 0. The van der Waals surface area contributed by atoms with E-state index in [2.05, 4.69) is 4.74 Å². The number of ether oxygens (including phenoxy) is 1. The third-order valence-electron chi connectivity index (χ3n) is 2.76. The van der Waals surface area contributed by atoms with Crippen molar-refractivity contribution in [2.75, 3.05) is 13.7 Å². The van der Waals surface area contributed by atoms with Crippen LogP contribution in [0.15, 0.2) is 0 Å². The smallest absolute Gasteiger partial charge is 0.324 e. The van der Waals surface area contributed by atoms with Gasteiger partial charge in [0.15, 0.2) is 0 Å². The number of methoxy groups -OCH3 is 1. The van der Waals surface area contributed by atoms with Crippen LogP contribution in [0, 0.1) is 0 Å². The standard InChI is InChI=1S/C10H19NO4S/c1-10(2,3)16(13,14)11-7-5-6-8(11)9(12)15-4/h8H,5-7H2,1-4H3/t8-/m0/s1. The van der Waals surface area contributed by atoms with E-state index in [4.69, 9.17) is 0 Å². The van der Waals surface area contributed by atoms with Crippen molar-refractivity contribution in [2.24, 2.45) is 0 Å². The summed E-state index contributed by atoms with van der Waals surface area (Å²) in [5.41, 5.74) is 0. The molecule has 0 unspecified atom stereocenters. The summed E-state index contributed by atoms with van der Waals surface area (Å²) in [6, 6.07) is -0.644. The van der Waals surface area contributed by atoms with E-state index in [1.165, 1.54) is 11.4 Å². The molecule has 1 heterocycles. The van der Waals surface area contributed by atoms with Crippen molar-refractivity contribution in [3.05, 3.63) is 0 Å². The van der Waals surface area contributed by atoms with Gasteiger partial charge >= 0.3 is 5.97 Å². The number of nitrogens with zero attached hydrogens (tertiary/aromatic N) is 1. The molecule has 1 saturated heterocycles. The third-order valence-corrected chi connectivity index (χ3v) is 5.36. The first-order chi connectivity index (χ1) is 7.21. The van der Waals surface area contributed by atoms with Crippen molar-refractivity contribution in [2.45, 2.75) is 44.4 Å². The Kier molecular flexibility index (Phi) is 3.64. The largest absolute Gasteiger partial charge is 0.468 e. The number of esters is 1. The van der Waals surface area contributed by atoms with Gasteiger partial charge in [-0.15, -0.1) is 0 Å². The van der Waals surface area contributed by atoms with E-state index in [0.717, 1.165) is 0 Å². The summed E-state index contributed by atoms with van der Waals surface area (Å²) in [7, 11) is -2.17. The van der Waals surface area contributed by atoms with Crippen LogP contribution in [-0.4, -0.2) is 43.1 Å². The second-order valence-corrected chi connectivity index (χ2v) is 7.55. The van der Waals surface area contributed by atoms with E-state index in [0.29, 0.717) is 19.4 Å². The average molecular weight is 249 g/mol. The van der Waals surface area contributed by atoms with Crippen molar-refractivity contribution < 1.29 is 17.9 Å². The lowest BCUT2D eigenvalue weighted by atomic mass is 10.2. The molecule has 0 amide bonds. The Balaban J connectivity index is 3.01. The Labute approximate surface area is 96.8 Å². The molecule has 1 aliphatic heterocycles. The van der Waals surface area contributed by atoms with Gasteiger partial charge in [0.2, 0.25) is 10.0 Å². The lowest BCUT2D eigenvalue weighted by Crippen LogP contribution is -2.48. The lowest BCUT2D eigenvalue weighted by molar-refractivity contribution is -0.144. The number of carbonyl (C=O) groups excluding carboxylic acids is 1. The highest BCUT2D eigenvalue weighted by Crippen LogP contribution is 2.28. The summed E-state index contributed by atoms with van der Waals surface area (Å²) in [5, 5.41) is 0. The van der Waals surface area contributed by atoms with Crippen LogP contribution in [0.25, 0.3) is 0 Å². The van der Waals surface area contributed by atoms with Gasteiger partial charge in [0, 0.05) is 6.54 Å². The number of carbonyl (C=O) groups is 1. The van der Waals surface area contributed by atoms with Gasteiger partial charge in [0.1, 0.15) is 6.04 Å². The summed E-state index contributed by atoms with van der Waals surface area (Å²) in [6.07, 6.45) is 1.25. The molecule has 94 valence electrons. The Morgan fingerprint density at radius 1 is 1.38 bits per heavy atom. The molecule has 6 heteroatoms. The molecule has 0 aromatic carbocycles. The fraction of sp³-hybridized carbons (Fsp3) is 0.900. The molecule has 0 bridgehead atoms. The van der Waals surface area contributed by atoms with Crippen LogP contribution in [0.5, 0.6) is 0 Å². The molecule has 0 saturated carbocycles. The van der Waals surface area contributed by atoms with Gasteiger partial charge in [-0.3, -0.25) is 4.79 Å². The average Bonchev–Trinajstić information content (AvgIpc) is 2.63. The first kappa shape index (κ1) is 13.4. The summed E-state index contributed by atoms with van der Waals surface area (Å²) < 4.78 is 29.4. The maximum atomic E-state index is 12.2. The van der Waals surface area contributed by atoms with Gasteiger partial charge in [0.25, 0.3) is 0 Å². The van der Waals surface area contributed by atoms with E-state index in [1.807, 2.05) is 0 Å². The number of hydrogen-bond acceptors (Lipinski definition) is 4. The minimum Gasteiger partial charge on any atom is -0.468 e. The van der Waals surface area contributed by atoms with Crippen LogP contribution >= 0.6 is 0 Å². The van der Waals surface area contributed by atoms with Gasteiger partial charge < -0.3 is 4.74 Å². The summed E-state index contributed by atoms with van der Waals surface area (Å²) >= 11 is 0. The highest BCUT2D eigenvalue weighted by molar-refractivity contribution is 7.90. The SMILES string of the molecule is COC(=O)[C@@H]1CCCN1S(=O)(=O)C(C)(C)C. The van der Waals surface area contributed by atoms with E-state index in [-0.39, 0.29) is 0 Å². The monoisotopic (exact) mass is 249 g/mol. The van der Waals surface area contributed by atoms with Crippen LogP contribution in [-0.2, 0) is 19.6 Å². The second-order valence-electron chi connectivity index (χ2n) is 4.91. The Bertz CT molecular complexity index is 369. The van der Waals surface area contributed by atoms with Crippen LogP contribution in [0.1, 0.15) is 33.6 Å². The summed E-state index contributed by atoms with van der Waals surface area (Å²) in [4.78, 5) is 11.5. The Hall–Kier alpha value is -0.620. The van der Waals surface area contributed by atoms with Crippen molar-refractivity contribution in [3.63, 3.8) is 0 Å². The molecule has 1 atom stereocenters. The Morgan fingerprint density at radius 3 is 2.38 bits per heavy atom. The van der Waals surface area contributed by atoms with E-state index in [9.17, 15) is 13.2 Å². The second kappa shape index (κ2) is 4.33. The number of rotatable bonds is 2.